The number of aromatic nitrogens is 4. The monoisotopic (exact) mass is 297 g/mol. The van der Waals surface area contributed by atoms with Gasteiger partial charge in [0.25, 0.3) is 0 Å². The molecule has 0 saturated heterocycles. The van der Waals surface area contributed by atoms with Gasteiger partial charge in [0, 0.05) is 4.90 Å². The number of nitrogens with zero attached hydrogens (tertiary/aromatic N) is 4. The van der Waals surface area contributed by atoms with Gasteiger partial charge in [-0.1, -0.05) is 34.9 Å². The van der Waals surface area contributed by atoms with E-state index in [2.05, 4.69) is 20.5 Å². The number of nitrogen functional groups attached to an aromatic ring is 1. The smallest absolute Gasteiger partial charge is 0.179 e. The lowest BCUT2D eigenvalue weighted by molar-refractivity contribution is 0.315. The van der Waals surface area contributed by atoms with Gasteiger partial charge in [-0.05, 0) is 28.7 Å². The van der Waals surface area contributed by atoms with E-state index in [1.807, 2.05) is 12.3 Å². The second-order valence-electron chi connectivity index (χ2n) is 3.25. The molecule has 6 nitrogen and oxygen atoms in total. The minimum atomic E-state index is 0.553. The summed E-state index contributed by atoms with van der Waals surface area (Å²) in [5.74, 6) is 0. The number of rotatable bonds is 3. The highest BCUT2D eigenvalue weighted by Crippen LogP contribution is 2.36. The lowest BCUT2D eigenvalue weighted by atomic mass is 10.3. The van der Waals surface area contributed by atoms with Crippen molar-refractivity contribution in [3.63, 3.8) is 0 Å². The van der Waals surface area contributed by atoms with Crippen LogP contribution in [0.2, 0.25) is 0 Å². The highest BCUT2D eigenvalue weighted by Gasteiger charge is 2.13. The van der Waals surface area contributed by atoms with Crippen molar-refractivity contribution < 1.29 is 4.63 Å². The molecule has 0 saturated carbocycles. The van der Waals surface area contributed by atoms with Crippen LogP contribution < -0.4 is 5.73 Å². The molecule has 1 aromatic carbocycles. The van der Waals surface area contributed by atoms with Crippen LogP contribution >= 0.6 is 34.9 Å². The third-order valence-electron chi connectivity index (χ3n) is 2.17. The van der Waals surface area contributed by atoms with E-state index in [0.717, 1.165) is 13.6 Å². The lowest BCUT2D eigenvalue weighted by Crippen LogP contribution is -1.87. The Kier molecular flexibility index (Phi) is 3.10. The Morgan fingerprint density at radius 3 is 2.72 bits per heavy atom. The Morgan fingerprint density at radius 1 is 1.17 bits per heavy atom. The van der Waals surface area contributed by atoms with E-state index in [1.165, 1.54) is 23.1 Å². The van der Waals surface area contributed by atoms with Crippen molar-refractivity contribution in [2.45, 2.75) is 13.6 Å². The fourth-order valence-corrected chi connectivity index (χ4v) is 3.83. The van der Waals surface area contributed by atoms with E-state index < -0.39 is 0 Å². The predicted molar refractivity (Wildman–Crippen MR) is 72.0 cm³/mol. The summed E-state index contributed by atoms with van der Waals surface area (Å²) in [5.41, 5.74) is 7.57. The van der Waals surface area contributed by atoms with Gasteiger partial charge in [0.05, 0.1) is 5.69 Å². The molecule has 92 valence electrons. The third-order valence-corrected chi connectivity index (χ3v) is 5.17. The van der Waals surface area contributed by atoms with Crippen molar-refractivity contribution in [2.75, 3.05) is 12.0 Å². The number of nitrogens with two attached hydrogens (primary N) is 1. The predicted octanol–water partition coefficient (Wildman–Crippen LogP) is 2.53. The van der Waals surface area contributed by atoms with Crippen molar-refractivity contribution >= 4 is 51.6 Å². The van der Waals surface area contributed by atoms with E-state index in [9.17, 15) is 0 Å². The van der Waals surface area contributed by atoms with Gasteiger partial charge in [0.15, 0.2) is 19.7 Å². The van der Waals surface area contributed by atoms with Gasteiger partial charge in [0.1, 0.15) is 0 Å². The summed E-state index contributed by atoms with van der Waals surface area (Å²) in [6, 6.07) is 3.66. The zero-order valence-corrected chi connectivity index (χ0v) is 11.6. The molecule has 0 amide bonds. The summed E-state index contributed by atoms with van der Waals surface area (Å²) in [7, 11) is 0. The summed E-state index contributed by atoms with van der Waals surface area (Å²) in [6.45, 7) is 0. The van der Waals surface area contributed by atoms with Gasteiger partial charge < -0.3 is 5.73 Å². The van der Waals surface area contributed by atoms with Crippen LogP contribution in [0.15, 0.2) is 30.3 Å². The van der Waals surface area contributed by atoms with Gasteiger partial charge in [-0.25, -0.2) is 4.63 Å². The van der Waals surface area contributed by atoms with Crippen molar-refractivity contribution in [3.05, 3.63) is 12.1 Å². The minimum Gasteiger partial charge on any atom is -0.397 e. The first-order valence-electron chi connectivity index (χ1n) is 4.84. The number of hydrogen-bond acceptors (Lipinski definition) is 9. The van der Waals surface area contributed by atoms with Crippen LogP contribution in [0.1, 0.15) is 0 Å². The second kappa shape index (κ2) is 4.75. The quantitative estimate of drug-likeness (QED) is 0.582. The highest BCUT2D eigenvalue weighted by molar-refractivity contribution is 8.03. The maximum Gasteiger partial charge on any atom is 0.179 e. The van der Waals surface area contributed by atoms with Gasteiger partial charge in [-0.15, -0.1) is 10.2 Å². The fraction of sp³-hybridized carbons (Fsp3) is 0.111. The molecule has 0 aliphatic heterocycles. The molecular weight excluding hydrogens is 290 g/mol. The van der Waals surface area contributed by atoms with Crippen molar-refractivity contribution in [1.29, 1.82) is 0 Å². The van der Waals surface area contributed by atoms with Gasteiger partial charge in [0.2, 0.25) is 0 Å². The topological polar surface area (TPSA) is 90.7 Å². The van der Waals surface area contributed by atoms with Gasteiger partial charge >= 0.3 is 0 Å². The van der Waals surface area contributed by atoms with Crippen LogP contribution in [0.25, 0.3) is 11.0 Å². The molecule has 9 heteroatoms. The van der Waals surface area contributed by atoms with Crippen LogP contribution in [0.4, 0.5) is 5.69 Å². The molecule has 0 radical (unpaired) electrons. The van der Waals surface area contributed by atoms with Crippen LogP contribution in [0, 0.1) is 0 Å². The number of fused-ring (bicyclic) bond motifs is 1. The van der Waals surface area contributed by atoms with E-state index >= 15 is 0 Å². The summed E-state index contributed by atoms with van der Waals surface area (Å²) in [5, 5.41) is 15.8. The average Bonchev–Trinajstić information content (AvgIpc) is 3.01. The van der Waals surface area contributed by atoms with Crippen LogP contribution in [-0.4, -0.2) is 26.8 Å². The molecule has 0 spiro atoms. The summed E-state index contributed by atoms with van der Waals surface area (Å²) >= 11 is 4.59. The Hall–Kier alpha value is -1.32. The van der Waals surface area contributed by atoms with E-state index in [1.54, 1.807) is 17.8 Å². The first-order valence-corrected chi connectivity index (χ1v) is 7.70. The average molecular weight is 297 g/mol. The van der Waals surface area contributed by atoms with Crippen molar-refractivity contribution in [3.8, 4) is 0 Å². The molecule has 0 bridgehead atoms. The Bertz CT molecular complexity index is 694. The van der Waals surface area contributed by atoms with Crippen LogP contribution in [0.5, 0.6) is 0 Å². The Labute approximate surface area is 114 Å². The van der Waals surface area contributed by atoms with Crippen LogP contribution in [0.3, 0.4) is 0 Å². The Morgan fingerprint density at radius 2 is 1.94 bits per heavy atom. The maximum atomic E-state index is 5.79. The fourth-order valence-electron chi connectivity index (χ4n) is 1.36. The molecule has 18 heavy (non-hydrogen) atoms. The van der Waals surface area contributed by atoms with Crippen molar-refractivity contribution in [1.82, 2.24) is 20.5 Å². The van der Waals surface area contributed by atoms with E-state index in [4.69, 9.17) is 10.4 Å². The van der Waals surface area contributed by atoms with Crippen molar-refractivity contribution in [2.24, 2.45) is 0 Å². The van der Waals surface area contributed by atoms with E-state index in [-0.39, 0.29) is 0 Å². The molecule has 3 aromatic rings. The normalized spacial score (nSPS) is 11.2. The van der Waals surface area contributed by atoms with Crippen LogP contribution in [-0.2, 0) is 0 Å². The zero-order chi connectivity index (χ0) is 12.5. The van der Waals surface area contributed by atoms with E-state index in [0.29, 0.717) is 16.7 Å². The molecule has 3 rings (SSSR count). The molecule has 0 unspecified atom stereocenters. The maximum absolute atomic E-state index is 5.79. The summed E-state index contributed by atoms with van der Waals surface area (Å²) < 4.78 is 6.51. The summed E-state index contributed by atoms with van der Waals surface area (Å²) in [6.07, 6.45) is 1.97. The standard InChI is InChI=1S/C9H7N5OS3/c1-16-8-11-12-9(18-8)17-5-3-2-4(10)6-7(5)14-15-13-6/h2-3H,10H2,1H3. The third kappa shape index (κ3) is 2.04. The molecular formula is C9H7N5OS3. The summed E-state index contributed by atoms with van der Waals surface area (Å²) in [4.78, 5) is 0.907. The largest absolute Gasteiger partial charge is 0.397 e. The number of anilines is 1. The molecule has 0 aliphatic rings. The molecule has 2 N–H and O–H groups in total. The minimum absolute atomic E-state index is 0.553. The first-order chi connectivity index (χ1) is 8.78. The first kappa shape index (κ1) is 11.8. The number of hydrogen-bond donors (Lipinski definition) is 1. The second-order valence-corrected chi connectivity index (χ2v) is 6.57. The molecule has 0 atom stereocenters. The van der Waals surface area contributed by atoms with Gasteiger partial charge in [-0.2, -0.15) is 0 Å². The molecule has 2 aromatic heterocycles. The molecule has 0 fully saturated rings. The molecule has 0 aliphatic carbocycles. The number of thioether (sulfide) groups is 1. The SMILES string of the molecule is CSc1nnc(Sc2ccc(N)c3nonc23)s1. The Balaban J connectivity index is 1.99. The molecule has 2 heterocycles. The number of benzene rings is 1. The highest BCUT2D eigenvalue weighted by atomic mass is 32.2. The lowest BCUT2D eigenvalue weighted by Gasteiger charge is -1.98. The van der Waals surface area contributed by atoms with Gasteiger partial charge in [-0.3, -0.25) is 0 Å². The zero-order valence-electron chi connectivity index (χ0n) is 9.15.